The minimum Gasteiger partial charge on any atom is -0.425 e. The summed E-state index contributed by atoms with van der Waals surface area (Å²) in [6.07, 6.45) is 6.77. The van der Waals surface area contributed by atoms with E-state index in [-0.39, 0.29) is 5.41 Å². The maximum Gasteiger partial charge on any atom is 0.222 e. The molecule has 1 aromatic heterocycles. The molecule has 1 aromatic rings. The summed E-state index contributed by atoms with van der Waals surface area (Å²) in [5.41, 5.74) is 5.66. The van der Waals surface area contributed by atoms with Crippen LogP contribution in [0.25, 0.3) is 0 Å². The van der Waals surface area contributed by atoms with Gasteiger partial charge in [0.15, 0.2) is 0 Å². The molecular weight excluding hydrogens is 214 g/mol. The average molecular weight is 237 g/mol. The van der Waals surface area contributed by atoms with Crippen molar-refractivity contribution in [3.63, 3.8) is 0 Å². The molecule has 1 heterocycles. The van der Waals surface area contributed by atoms with Crippen molar-refractivity contribution < 1.29 is 4.42 Å². The maximum atomic E-state index is 5.81. The van der Waals surface area contributed by atoms with Crippen molar-refractivity contribution in [2.75, 3.05) is 6.54 Å². The van der Waals surface area contributed by atoms with Crippen molar-refractivity contribution in [3.05, 3.63) is 11.8 Å². The second kappa shape index (κ2) is 5.17. The number of aromatic nitrogens is 2. The van der Waals surface area contributed by atoms with E-state index >= 15 is 0 Å². The third-order valence-corrected chi connectivity index (χ3v) is 3.64. The van der Waals surface area contributed by atoms with Gasteiger partial charge in [0.25, 0.3) is 0 Å². The lowest BCUT2D eigenvalue weighted by Crippen LogP contribution is -2.24. The van der Waals surface area contributed by atoms with Gasteiger partial charge in [-0.05, 0) is 25.2 Å². The summed E-state index contributed by atoms with van der Waals surface area (Å²) in [7, 11) is 0. The molecule has 0 unspecified atom stereocenters. The van der Waals surface area contributed by atoms with Crippen molar-refractivity contribution in [1.82, 2.24) is 10.2 Å². The van der Waals surface area contributed by atoms with Gasteiger partial charge in [-0.3, -0.25) is 0 Å². The van der Waals surface area contributed by atoms with Gasteiger partial charge in [0.05, 0.1) is 0 Å². The number of hydrogen-bond donors (Lipinski definition) is 1. The summed E-state index contributed by atoms with van der Waals surface area (Å²) in [4.78, 5) is 0. The lowest BCUT2D eigenvalue weighted by molar-refractivity contribution is 0.267. The minimum absolute atomic E-state index is 0.147. The van der Waals surface area contributed by atoms with Crippen LogP contribution < -0.4 is 5.73 Å². The Morgan fingerprint density at radius 3 is 2.59 bits per heavy atom. The van der Waals surface area contributed by atoms with Crippen molar-refractivity contribution in [2.24, 2.45) is 11.7 Å². The summed E-state index contributed by atoms with van der Waals surface area (Å²) in [6, 6.07) is 0. The molecule has 0 spiro atoms. The Bertz CT molecular complexity index is 353. The van der Waals surface area contributed by atoms with Crippen LogP contribution in [0, 0.1) is 5.92 Å². The van der Waals surface area contributed by atoms with Crippen LogP contribution >= 0.6 is 0 Å². The highest BCUT2D eigenvalue weighted by Crippen LogP contribution is 2.44. The van der Waals surface area contributed by atoms with Crippen LogP contribution in [0.1, 0.15) is 57.7 Å². The normalized spacial score (nSPS) is 19.1. The topological polar surface area (TPSA) is 64.9 Å². The van der Waals surface area contributed by atoms with Crippen molar-refractivity contribution in [2.45, 2.75) is 57.8 Å². The fraction of sp³-hybridized carbons (Fsp3) is 0.846. The van der Waals surface area contributed by atoms with Crippen LogP contribution in [-0.2, 0) is 11.8 Å². The molecule has 0 radical (unpaired) electrons. The zero-order valence-corrected chi connectivity index (χ0v) is 10.9. The molecule has 0 amide bonds. The van der Waals surface area contributed by atoms with Crippen molar-refractivity contribution in [1.29, 1.82) is 0 Å². The van der Waals surface area contributed by atoms with E-state index in [0.717, 1.165) is 12.3 Å². The second-order valence-electron chi connectivity index (χ2n) is 5.63. The first-order valence-electron chi connectivity index (χ1n) is 6.69. The van der Waals surface area contributed by atoms with Crippen LogP contribution in [0.4, 0.5) is 0 Å². The highest BCUT2D eigenvalue weighted by molar-refractivity contribution is 5.07. The largest absolute Gasteiger partial charge is 0.425 e. The first-order chi connectivity index (χ1) is 8.16. The molecule has 4 heteroatoms. The van der Waals surface area contributed by atoms with E-state index in [9.17, 15) is 0 Å². The molecule has 0 bridgehead atoms. The number of nitrogens with zero attached hydrogens (tertiary/aromatic N) is 2. The first-order valence-corrected chi connectivity index (χ1v) is 6.69. The molecule has 0 atom stereocenters. The molecule has 1 fully saturated rings. The quantitative estimate of drug-likeness (QED) is 0.854. The van der Waals surface area contributed by atoms with Crippen LogP contribution in [-0.4, -0.2) is 16.7 Å². The average Bonchev–Trinajstić information content (AvgIpc) is 2.87. The molecule has 2 rings (SSSR count). The first kappa shape index (κ1) is 12.6. The molecule has 0 aliphatic heterocycles. The Kier molecular flexibility index (Phi) is 3.82. The monoisotopic (exact) mass is 237 g/mol. The predicted octanol–water partition coefficient (Wildman–Crippen LogP) is 2.43. The molecule has 4 nitrogen and oxygen atoms in total. The van der Waals surface area contributed by atoms with E-state index in [2.05, 4.69) is 24.0 Å². The summed E-state index contributed by atoms with van der Waals surface area (Å²) >= 11 is 0. The SMILES string of the molecule is CC(C)CC1(c2nnc(CCN)o2)CCCC1. The Balaban J connectivity index is 2.19. The van der Waals surface area contributed by atoms with E-state index < -0.39 is 0 Å². The van der Waals surface area contributed by atoms with Gasteiger partial charge >= 0.3 is 0 Å². The van der Waals surface area contributed by atoms with Gasteiger partial charge in [0.1, 0.15) is 0 Å². The molecule has 0 saturated heterocycles. The van der Waals surface area contributed by atoms with Gasteiger partial charge in [-0.25, -0.2) is 0 Å². The van der Waals surface area contributed by atoms with Crippen LogP contribution in [0.15, 0.2) is 4.42 Å². The summed E-state index contributed by atoms with van der Waals surface area (Å²) < 4.78 is 5.81. The molecule has 1 saturated carbocycles. The number of rotatable bonds is 5. The fourth-order valence-corrected chi connectivity index (χ4v) is 3.03. The van der Waals surface area contributed by atoms with E-state index in [1.54, 1.807) is 0 Å². The summed E-state index contributed by atoms with van der Waals surface area (Å²) in [5, 5.41) is 8.38. The third kappa shape index (κ3) is 2.68. The molecule has 96 valence electrons. The van der Waals surface area contributed by atoms with Crippen LogP contribution in [0.5, 0.6) is 0 Å². The van der Waals surface area contributed by atoms with E-state index in [1.165, 1.54) is 25.7 Å². The minimum atomic E-state index is 0.147. The van der Waals surface area contributed by atoms with Gasteiger partial charge < -0.3 is 10.2 Å². The Morgan fingerprint density at radius 2 is 2.00 bits per heavy atom. The third-order valence-electron chi connectivity index (χ3n) is 3.64. The van der Waals surface area contributed by atoms with Crippen molar-refractivity contribution >= 4 is 0 Å². The Morgan fingerprint density at radius 1 is 1.29 bits per heavy atom. The Labute approximate surface area is 103 Å². The number of nitrogens with two attached hydrogens (primary N) is 1. The lowest BCUT2D eigenvalue weighted by Gasteiger charge is -2.26. The van der Waals surface area contributed by atoms with Gasteiger partial charge in [-0.15, -0.1) is 10.2 Å². The predicted molar refractivity (Wildman–Crippen MR) is 66.7 cm³/mol. The van der Waals surface area contributed by atoms with Gasteiger partial charge in [0.2, 0.25) is 11.8 Å². The highest BCUT2D eigenvalue weighted by atomic mass is 16.4. The fourth-order valence-electron chi connectivity index (χ4n) is 3.03. The summed E-state index contributed by atoms with van der Waals surface area (Å²) in [6.45, 7) is 5.09. The van der Waals surface area contributed by atoms with E-state index in [4.69, 9.17) is 10.2 Å². The molecule has 0 aromatic carbocycles. The standard InChI is InChI=1S/C13H23N3O/c1-10(2)9-13(6-3-4-7-13)12-16-15-11(17-12)5-8-14/h10H,3-9,14H2,1-2H3. The molecular formula is C13H23N3O. The maximum absolute atomic E-state index is 5.81. The molecule has 1 aliphatic rings. The van der Waals surface area contributed by atoms with E-state index in [0.29, 0.717) is 24.8 Å². The Hall–Kier alpha value is -0.900. The van der Waals surface area contributed by atoms with Crippen LogP contribution in [0.3, 0.4) is 0 Å². The van der Waals surface area contributed by atoms with Gasteiger partial charge in [-0.2, -0.15) is 0 Å². The lowest BCUT2D eigenvalue weighted by atomic mass is 9.78. The van der Waals surface area contributed by atoms with Gasteiger partial charge in [0, 0.05) is 18.4 Å². The molecule has 17 heavy (non-hydrogen) atoms. The van der Waals surface area contributed by atoms with Crippen molar-refractivity contribution in [3.8, 4) is 0 Å². The zero-order chi connectivity index (χ0) is 12.3. The highest BCUT2D eigenvalue weighted by Gasteiger charge is 2.40. The summed E-state index contributed by atoms with van der Waals surface area (Å²) in [5.74, 6) is 2.21. The zero-order valence-electron chi connectivity index (χ0n) is 10.9. The molecule has 2 N–H and O–H groups in total. The smallest absolute Gasteiger partial charge is 0.222 e. The van der Waals surface area contributed by atoms with Crippen LogP contribution in [0.2, 0.25) is 0 Å². The number of hydrogen-bond acceptors (Lipinski definition) is 4. The van der Waals surface area contributed by atoms with Gasteiger partial charge in [-0.1, -0.05) is 26.7 Å². The second-order valence-corrected chi connectivity index (χ2v) is 5.63. The molecule has 1 aliphatic carbocycles. The van der Waals surface area contributed by atoms with E-state index in [1.807, 2.05) is 0 Å².